The largest absolute Gasteiger partial charge is 0.488 e. The Morgan fingerprint density at radius 2 is 2.04 bits per heavy atom. The number of benzene rings is 2. The molecule has 0 spiro atoms. The van der Waals surface area contributed by atoms with Gasteiger partial charge in [-0.15, -0.1) is 0 Å². The number of hydrogen-bond donors (Lipinski definition) is 1. The highest BCUT2D eigenvalue weighted by Gasteiger charge is 2.20. The Morgan fingerprint density at radius 1 is 1.26 bits per heavy atom. The number of carbonyl (C=O) groups excluding carboxylic acids is 2. The zero-order chi connectivity index (χ0) is 19.4. The second-order valence-corrected chi connectivity index (χ2v) is 5.54. The summed E-state index contributed by atoms with van der Waals surface area (Å²) in [5, 5.41) is 12.8. The number of nitrogens with zero attached hydrogens (tertiary/aromatic N) is 1. The van der Waals surface area contributed by atoms with Crippen molar-refractivity contribution in [2.45, 2.75) is 0 Å². The molecule has 0 aliphatic carbocycles. The summed E-state index contributed by atoms with van der Waals surface area (Å²) >= 11 is 0. The topological polar surface area (TPSA) is 108 Å². The number of para-hydroxylation sites is 1. The third-order valence-electron chi connectivity index (χ3n) is 3.66. The average molecular weight is 372 g/mol. The predicted molar refractivity (Wildman–Crippen MR) is 92.6 cm³/mol. The molecule has 0 fully saturated rings. The van der Waals surface area contributed by atoms with Crippen LogP contribution < -0.4 is 10.1 Å². The first-order valence-electron chi connectivity index (χ1n) is 7.77. The van der Waals surface area contributed by atoms with Gasteiger partial charge >= 0.3 is 5.97 Å². The Kier molecular flexibility index (Phi) is 5.11. The van der Waals surface area contributed by atoms with E-state index < -0.39 is 29.2 Å². The van der Waals surface area contributed by atoms with E-state index in [1.54, 1.807) is 30.3 Å². The molecule has 1 aliphatic rings. The van der Waals surface area contributed by atoms with Gasteiger partial charge in [-0.05, 0) is 18.2 Å². The summed E-state index contributed by atoms with van der Waals surface area (Å²) in [6, 6.07) is 9.82. The van der Waals surface area contributed by atoms with Gasteiger partial charge in [-0.25, -0.2) is 9.18 Å². The van der Waals surface area contributed by atoms with Gasteiger partial charge in [0.1, 0.15) is 18.2 Å². The zero-order valence-electron chi connectivity index (χ0n) is 13.8. The second kappa shape index (κ2) is 7.65. The maximum atomic E-state index is 13.7. The smallest absolute Gasteiger partial charge is 0.338 e. The van der Waals surface area contributed by atoms with E-state index >= 15 is 0 Å². The molecule has 0 radical (unpaired) electrons. The van der Waals surface area contributed by atoms with Crippen molar-refractivity contribution >= 4 is 29.3 Å². The van der Waals surface area contributed by atoms with E-state index in [-0.39, 0.29) is 23.6 Å². The highest BCUT2D eigenvalue weighted by molar-refractivity contribution is 5.98. The highest BCUT2D eigenvalue weighted by atomic mass is 19.1. The lowest BCUT2D eigenvalue weighted by Crippen LogP contribution is -2.24. The van der Waals surface area contributed by atoms with Crippen molar-refractivity contribution in [3.63, 3.8) is 0 Å². The maximum absolute atomic E-state index is 13.7. The average Bonchev–Trinajstić information content (AvgIpc) is 2.67. The molecule has 138 valence electrons. The van der Waals surface area contributed by atoms with Gasteiger partial charge in [0.15, 0.2) is 6.61 Å². The molecule has 2 aromatic rings. The van der Waals surface area contributed by atoms with E-state index in [1.807, 2.05) is 0 Å². The van der Waals surface area contributed by atoms with Crippen LogP contribution in [0.5, 0.6) is 5.75 Å². The highest BCUT2D eigenvalue weighted by Crippen LogP contribution is 2.26. The van der Waals surface area contributed by atoms with Crippen LogP contribution in [-0.2, 0) is 14.3 Å². The van der Waals surface area contributed by atoms with E-state index in [2.05, 4.69) is 5.32 Å². The van der Waals surface area contributed by atoms with Gasteiger partial charge in [0.2, 0.25) is 0 Å². The molecule has 0 unspecified atom stereocenters. The Labute approximate surface area is 152 Å². The molecule has 8 nitrogen and oxygen atoms in total. The minimum absolute atomic E-state index is 0.00300. The first-order valence-corrected chi connectivity index (χ1v) is 7.77. The first kappa shape index (κ1) is 18.1. The minimum Gasteiger partial charge on any atom is -0.488 e. The molecule has 0 aromatic heterocycles. The van der Waals surface area contributed by atoms with Crippen molar-refractivity contribution in [2.75, 3.05) is 18.5 Å². The van der Waals surface area contributed by atoms with E-state index in [4.69, 9.17) is 9.47 Å². The molecule has 0 atom stereocenters. The molecular weight excluding hydrogens is 359 g/mol. The van der Waals surface area contributed by atoms with Crippen molar-refractivity contribution in [1.82, 2.24) is 0 Å². The number of carbonyl (C=O) groups is 2. The summed E-state index contributed by atoms with van der Waals surface area (Å²) in [6.45, 7) is -0.684. The van der Waals surface area contributed by atoms with Crippen molar-refractivity contribution in [1.29, 1.82) is 0 Å². The number of amides is 1. The van der Waals surface area contributed by atoms with Gasteiger partial charge in [0, 0.05) is 17.7 Å². The fraction of sp³-hybridized carbons (Fsp3) is 0.111. The molecule has 0 saturated heterocycles. The summed E-state index contributed by atoms with van der Waals surface area (Å²) in [5.41, 5.74) is 0.174. The van der Waals surface area contributed by atoms with Crippen LogP contribution in [-0.4, -0.2) is 30.0 Å². The summed E-state index contributed by atoms with van der Waals surface area (Å²) < 4.78 is 24.0. The monoisotopic (exact) mass is 372 g/mol. The number of nitro groups is 1. The molecule has 0 bridgehead atoms. The lowest BCUT2D eigenvalue weighted by molar-refractivity contribution is -0.384. The number of esters is 1. The van der Waals surface area contributed by atoms with E-state index in [1.165, 1.54) is 0 Å². The molecule has 0 saturated carbocycles. The number of hydrogen-bond acceptors (Lipinski definition) is 6. The van der Waals surface area contributed by atoms with Crippen LogP contribution in [0.1, 0.15) is 5.56 Å². The van der Waals surface area contributed by atoms with Crippen molar-refractivity contribution in [3.05, 3.63) is 69.5 Å². The molecule has 1 N–H and O–H groups in total. The van der Waals surface area contributed by atoms with Crippen LogP contribution >= 0.6 is 0 Å². The Morgan fingerprint density at radius 3 is 2.81 bits per heavy atom. The van der Waals surface area contributed by atoms with Gasteiger partial charge in [0.05, 0.1) is 16.2 Å². The van der Waals surface area contributed by atoms with Gasteiger partial charge < -0.3 is 14.8 Å². The minimum atomic E-state index is -0.847. The number of fused-ring (bicyclic) bond motifs is 1. The molecular formula is C18H13FN2O6. The third kappa shape index (κ3) is 4.27. The second-order valence-electron chi connectivity index (χ2n) is 5.54. The third-order valence-corrected chi connectivity index (χ3v) is 3.66. The van der Waals surface area contributed by atoms with Crippen LogP contribution in [0.3, 0.4) is 0 Å². The molecule has 2 aromatic carbocycles. The quantitative estimate of drug-likeness (QED) is 0.491. The van der Waals surface area contributed by atoms with Crippen LogP contribution in [0.2, 0.25) is 0 Å². The summed E-state index contributed by atoms with van der Waals surface area (Å²) in [5.74, 6) is -1.80. The normalized spacial score (nSPS) is 12.3. The molecule has 1 amide bonds. The number of nitro benzene ring substituents is 1. The number of ether oxygens (including phenoxy) is 2. The van der Waals surface area contributed by atoms with Crippen molar-refractivity contribution in [2.24, 2.45) is 0 Å². The standard InChI is InChI=1S/C18H13FN2O6/c19-14-6-5-13(21(24)25)8-15(14)20-17(22)10-27-18(23)12-7-11-3-1-2-4-16(11)26-9-12/h1-8H,9-10H2,(H,20,22). The number of nitrogens with one attached hydrogen (secondary N) is 1. The fourth-order valence-corrected chi connectivity index (χ4v) is 2.37. The van der Waals surface area contributed by atoms with Gasteiger partial charge in [-0.1, -0.05) is 18.2 Å². The van der Waals surface area contributed by atoms with E-state index in [9.17, 15) is 24.1 Å². The predicted octanol–water partition coefficient (Wildman–Crippen LogP) is 2.69. The van der Waals surface area contributed by atoms with Crippen molar-refractivity contribution in [3.8, 4) is 5.75 Å². The molecule has 1 heterocycles. The zero-order valence-corrected chi connectivity index (χ0v) is 13.8. The summed E-state index contributed by atoms with van der Waals surface area (Å²) in [7, 11) is 0. The Hall–Kier alpha value is -3.75. The fourth-order valence-electron chi connectivity index (χ4n) is 2.37. The van der Waals surface area contributed by atoms with Gasteiger partial charge in [-0.3, -0.25) is 14.9 Å². The molecule has 3 rings (SSSR count). The van der Waals surface area contributed by atoms with Crippen LogP contribution in [0.25, 0.3) is 6.08 Å². The molecule has 1 aliphatic heterocycles. The van der Waals surface area contributed by atoms with Crippen LogP contribution in [0.4, 0.5) is 15.8 Å². The Bertz CT molecular complexity index is 957. The van der Waals surface area contributed by atoms with Crippen LogP contribution in [0.15, 0.2) is 48.0 Å². The van der Waals surface area contributed by atoms with E-state index in [0.717, 1.165) is 18.2 Å². The van der Waals surface area contributed by atoms with Gasteiger partial charge in [0.25, 0.3) is 11.6 Å². The summed E-state index contributed by atoms with van der Waals surface area (Å²) in [4.78, 5) is 33.9. The number of anilines is 1. The first-order chi connectivity index (χ1) is 12.9. The maximum Gasteiger partial charge on any atom is 0.338 e. The van der Waals surface area contributed by atoms with Crippen molar-refractivity contribution < 1.29 is 28.4 Å². The lowest BCUT2D eigenvalue weighted by atomic mass is 10.1. The van der Waals surface area contributed by atoms with E-state index in [0.29, 0.717) is 11.3 Å². The SMILES string of the molecule is O=C(COC(=O)C1=Cc2ccccc2OC1)Nc1cc([N+](=O)[O-])ccc1F. The molecule has 27 heavy (non-hydrogen) atoms. The number of rotatable bonds is 5. The summed E-state index contributed by atoms with van der Waals surface area (Å²) in [6.07, 6.45) is 1.60. The Balaban J connectivity index is 1.60. The van der Waals surface area contributed by atoms with Gasteiger partial charge in [-0.2, -0.15) is 0 Å². The van der Waals surface area contributed by atoms with Crippen LogP contribution in [0, 0.1) is 15.9 Å². The molecule has 9 heteroatoms. The lowest BCUT2D eigenvalue weighted by Gasteiger charge is -2.16. The number of non-ortho nitro benzene ring substituents is 1. The number of halogens is 1.